The van der Waals surface area contributed by atoms with Gasteiger partial charge in [-0.3, -0.25) is 14.7 Å². The van der Waals surface area contributed by atoms with Gasteiger partial charge in [-0.15, -0.1) is 0 Å². The van der Waals surface area contributed by atoms with E-state index in [0.717, 1.165) is 18.7 Å². The van der Waals surface area contributed by atoms with Crippen LogP contribution in [0.15, 0.2) is 24.4 Å². The van der Waals surface area contributed by atoms with Crippen LogP contribution in [0, 0.1) is 0 Å². The molecule has 0 amide bonds. The molecule has 1 aromatic heterocycles. The van der Waals surface area contributed by atoms with E-state index in [1.165, 1.54) is 0 Å². The van der Waals surface area contributed by atoms with Gasteiger partial charge in [0.15, 0.2) is 0 Å². The molecule has 0 fully saturated rings. The van der Waals surface area contributed by atoms with Crippen molar-refractivity contribution in [2.45, 2.75) is 26.3 Å². The molecule has 1 heterocycles. The van der Waals surface area contributed by atoms with Crippen LogP contribution in [0.5, 0.6) is 0 Å². The normalized spacial score (nSPS) is 11.0. The molecule has 1 rings (SSSR count). The van der Waals surface area contributed by atoms with Crippen molar-refractivity contribution in [3.63, 3.8) is 0 Å². The van der Waals surface area contributed by atoms with Gasteiger partial charge in [0, 0.05) is 30.9 Å². The molecule has 0 aliphatic heterocycles. The average Bonchev–Trinajstić information content (AvgIpc) is 2.25. The van der Waals surface area contributed by atoms with Gasteiger partial charge in [-0.1, -0.05) is 6.07 Å². The molecule has 0 atom stereocenters. The lowest BCUT2D eigenvalue weighted by Crippen LogP contribution is -2.37. The highest BCUT2D eigenvalue weighted by atomic mass is 16.4. The number of aliphatic carboxylic acids is 1. The van der Waals surface area contributed by atoms with Crippen molar-refractivity contribution in [3.8, 4) is 0 Å². The summed E-state index contributed by atoms with van der Waals surface area (Å²) in [7, 11) is 0. The molecule has 0 spiro atoms. The molecule has 0 unspecified atom stereocenters. The number of aromatic nitrogens is 1. The van der Waals surface area contributed by atoms with E-state index in [9.17, 15) is 4.79 Å². The number of hydrogen-bond acceptors (Lipinski definition) is 3. The average molecular weight is 222 g/mol. The van der Waals surface area contributed by atoms with Gasteiger partial charge >= 0.3 is 5.97 Å². The first-order chi connectivity index (χ1) is 7.59. The van der Waals surface area contributed by atoms with E-state index in [0.29, 0.717) is 0 Å². The van der Waals surface area contributed by atoms with E-state index >= 15 is 0 Å². The minimum Gasteiger partial charge on any atom is -0.480 e. The lowest BCUT2D eigenvalue weighted by molar-refractivity contribution is -0.138. The van der Waals surface area contributed by atoms with E-state index in [2.05, 4.69) is 4.98 Å². The van der Waals surface area contributed by atoms with Gasteiger partial charge in [-0.05, 0) is 26.0 Å². The van der Waals surface area contributed by atoms with E-state index in [4.69, 9.17) is 5.11 Å². The summed E-state index contributed by atoms with van der Waals surface area (Å²) in [6.45, 7) is 4.81. The zero-order chi connectivity index (χ0) is 12.0. The van der Waals surface area contributed by atoms with Crippen molar-refractivity contribution in [2.24, 2.45) is 0 Å². The number of carbonyl (C=O) groups is 1. The Hall–Kier alpha value is -1.42. The van der Waals surface area contributed by atoms with Crippen LogP contribution in [-0.2, 0) is 11.2 Å². The summed E-state index contributed by atoms with van der Waals surface area (Å²) < 4.78 is 0. The van der Waals surface area contributed by atoms with Crippen LogP contribution in [0.2, 0.25) is 0 Å². The topological polar surface area (TPSA) is 53.4 Å². The zero-order valence-corrected chi connectivity index (χ0v) is 9.76. The minimum atomic E-state index is -0.783. The van der Waals surface area contributed by atoms with Crippen molar-refractivity contribution in [3.05, 3.63) is 30.1 Å². The fraction of sp³-hybridized carbons (Fsp3) is 0.500. The van der Waals surface area contributed by atoms with Gasteiger partial charge < -0.3 is 5.11 Å². The highest BCUT2D eigenvalue weighted by Crippen LogP contribution is 2.02. The maximum absolute atomic E-state index is 10.7. The van der Waals surface area contributed by atoms with Crippen LogP contribution in [0.3, 0.4) is 0 Å². The number of rotatable bonds is 6. The number of pyridine rings is 1. The summed E-state index contributed by atoms with van der Waals surface area (Å²) >= 11 is 0. The molecule has 0 aromatic carbocycles. The molecule has 88 valence electrons. The second-order valence-electron chi connectivity index (χ2n) is 4.03. The standard InChI is InChI=1S/C12H18N2O2/c1-10(2)14(9-12(15)16)8-6-11-5-3-4-7-13-11/h3-5,7,10H,6,8-9H2,1-2H3,(H,15,16). The molecule has 0 saturated heterocycles. The monoisotopic (exact) mass is 222 g/mol. The summed E-state index contributed by atoms with van der Waals surface area (Å²) in [5, 5.41) is 8.77. The third-order valence-corrected chi connectivity index (χ3v) is 2.45. The predicted molar refractivity (Wildman–Crippen MR) is 62.3 cm³/mol. The minimum absolute atomic E-state index is 0.0878. The van der Waals surface area contributed by atoms with Crippen LogP contribution in [-0.4, -0.2) is 40.1 Å². The molecule has 0 radical (unpaired) electrons. The first kappa shape index (κ1) is 12.6. The number of hydrogen-bond donors (Lipinski definition) is 1. The van der Waals surface area contributed by atoms with Crippen LogP contribution in [0.25, 0.3) is 0 Å². The molecule has 0 aliphatic carbocycles. The molecular weight excluding hydrogens is 204 g/mol. The molecule has 0 saturated carbocycles. The Kier molecular flexibility index (Phi) is 4.92. The fourth-order valence-corrected chi connectivity index (χ4v) is 1.50. The molecule has 4 nitrogen and oxygen atoms in total. The first-order valence-electron chi connectivity index (χ1n) is 5.45. The van der Waals surface area contributed by atoms with Gasteiger partial charge in [0.05, 0.1) is 6.54 Å². The van der Waals surface area contributed by atoms with Gasteiger partial charge in [0.1, 0.15) is 0 Å². The Morgan fingerprint density at radius 1 is 1.50 bits per heavy atom. The molecule has 4 heteroatoms. The summed E-state index contributed by atoms with van der Waals surface area (Å²) in [6, 6.07) is 6.01. The lowest BCUT2D eigenvalue weighted by Gasteiger charge is -2.24. The van der Waals surface area contributed by atoms with Crippen molar-refractivity contribution in [1.29, 1.82) is 0 Å². The Morgan fingerprint density at radius 2 is 2.25 bits per heavy atom. The lowest BCUT2D eigenvalue weighted by atomic mass is 10.2. The number of carboxylic acid groups (broad SMARTS) is 1. The van der Waals surface area contributed by atoms with Crippen molar-refractivity contribution in [2.75, 3.05) is 13.1 Å². The zero-order valence-electron chi connectivity index (χ0n) is 9.76. The van der Waals surface area contributed by atoms with E-state index in [1.54, 1.807) is 6.20 Å². The Balaban J connectivity index is 2.47. The number of nitrogens with zero attached hydrogens (tertiary/aromatic N) is 2. The quantitative estimate of drug-likeness (QED) is 0.791. The highest BCUT2D eigenvalue weighted by Gasteiger charge is 2.12. The van der Waals surface area contributed by atoms with Gasteiger partial charge in [-0.2, -0.15) is 0 Å². The smallest absolute Gasteiger partial charge is 0.317 e. The maximum Gasteiger partial charge on any atom is 0.317 e. The van der Waals surface area contributed by atoms with Crippen molar-refractivity contribution >= 4 is 5.97 Å². The summed E-state index contributed by atoms with van der Waals surface area (Å²) in [4.78, 5) is 16.8. The highest BCUT2D eigenvalue weighted by molar-refractivity contribution is 5.69. The maximum atomic E-state index is 10.7. The van der Waals surface area contributed by atoms with Crippen LogP contribution in [0.4, 0.5) is 0 Å². The molecule has 1 aromatic rings. The molecule has 0 bridgehead atoms. The summed E-state index contributed by atoms with van der Waals surface area (Å²) in [5.41, 5.74) is 0.999. The third kappa shape index (κ3) is 4.40. The predicted octanol–water partition coefficient (Wildman–Crippen LogP) is 1.42. The summed E-state index contributed by atoms with van der Waals surface area (Å²) in [5.74, 6) is -0.783. The van der Waals surface area contributed by atoms with Gasteiger partial charge in [-0.25, -0.2) is 0 Å². The largest absolute Gasteiger partial charge is 0.480 e. The Morgan fingerprint density at radius 3 is 2.75 bits per heavy atom. The van der Waals surface area contributed by atoms with Crippen molar-refractivity contribution in [1.82, 2.24) is 9.88 Å². The molecule has 16 heavy (non-hydrogen) atoms. The second-order valence-corrected chi connectivity index (χ2v) is 4.03. The first-order valence-corrected chi connectivity index (χ1v) is 5.45. The van der Waals surface area contributed by atoms with Gasteiger partial charge in [0.2, 0.25) is 0 Å². The second kappa shape index (κ2) is 6.23. The molecule has 1 N–H and O–H groups in total. The molecule has 0 aliphatic rings. The fourth-order valence-electron chi connectivity index (χ4n) is 1.50. The SMILES string of the molecule is CC(C)N(CCc1ccccn1)CC(=O)O. The van der Waals surface area contributed by atoms with Gasteiger partial charge in [0.25, 0.3) is 0 Å². The van der Waals surface area contributed by atoms with Crippen LogP contribution in [0.1, 0.15) is 19.5 Å². The molecular formula is C12H18N2O2. The van der Waals surface area contributed by atoms with Crippen LogP contribution < -0.4 is 0 Å². The third-order valence-electron chi connectivity index (χ3n) is 2.45. The number of carboxylic acids is 1. The Labute approximate surface area is 95.9 Å². The van der Waals surface area contributed by atoms with E-state index < -0.39 is 5.97 Å². The summed E-state index contributed by atoms with van der Waals surface area (Å²) in [6.07, 6.45) is 2.54. The van der Waals surface area contributed by atoms with E-state index in [-0.39, 0.29) is 12.6 Å². The Bertz CT molecular complexity index is 325. The van der Waals surface area contributed by atoms with Crippen LogP contribution >= 0.6 is 0 Å². The van der Waals surface area contributed by atoms with Crippen molar-refractivity contribution < 1.29 is 9.90 Å². The van der Waals surface area contributed by atoms with E-state index in [1.807, 2.05) is 36.9 Å².